The van der Waals surface area contributed by atoms with Crippen molar-refractivity contribution in [1.29, 1.82) is 0 Å². The van der Waals surface area contributed by atoms with Gasteiger partial charge in [0.2, 0.25) is 11.9 Å². The predicted molar refractivity (Wildman–Crippen MR) is 123 cm³/mol. The zero-order valence-corrected chi connectivity index (χ0v) is 18.6. The van der Waals surface area contributed by atoms with Gasteiger partial charge in [0.05, 0.1) is 18.6 Å². The van der Waals surface area contributed by atoms with Crippen LogP contribution in [0.2, 0.25) is 0 Å². The second kappa shape index (κ2) is 9.82. The second-order valence-electron chi connectivity index (χ2n) is 7.42. The first-order valence-electron chi connectivity index (χ1n) is 10.6. The van der Waals surface area contributed by atoms with Crippen LogP contribution in [0.4, 0.5) is 5.95 Å². The summed E-state index contributed by atoms with van der Waals surface area (Å²) in [6.07, 6.45) is 8.57. The summed E-state index contributed by atoms with van der Waals surface area (Å²) in [5, 5.41) is 9.38. The molecule has 1 aliphatic heterocycles. The van der Waals surface area contributed by atoms with Crippen molar-refractivity contribution in [1.82, 2.24) is 34.6 Å². The van der Waals surface area contributed by atoms with Crippen molar-refractivity contribution in [2.24, 2.45) is 0 Å². The number of amides is 1. The van der Waals surface area contributed by atoms with Gasteiger partial charge in [0, 0.05) is 56.5 Å². The lowest BCUT2D eigenvalue weighted by Crippen LogP contribution is -2.49. The summed E-state index contributed by atoms with van der Waals surface area (Å²) in [6, 6.07) is 9.34. The molecule has 5 heterocycles. The molecular weight excluding hydrogens is 440 g/mol. The molecule has 33 heavy (non-hydrogen) atoms. The van der Waals surface area contributed by atoms with Crippen molar-refractivity contribution in [3.63, 3.8) is 0 Å². The smallest absolute Gasteiger partial charge is 0.233 e. The molecule has 1 aliphatic rings. The van der Waals surface area contributed by atoms with E-state index in [1.165, 1.54) is 11.8 Å². The third kappa shape index (κ3) is 4.87. The lowest BCUT2D eigenvalue weighted by atomic mass is 10.2. The Morgan fingerprint density at radius 3 is 2.58 bits per heavy atom. The van der Waals surface area contributed by atoms with Crippen molar-refractivity contribution in [2.75, 3.05) is 36.8 Å². The van der Waals surface area contributed by atoms with E-state index in [2.05, 4.69) is 30.0 Å². The summed E-state index contributed by atoms with van der Waals surface area (Å²) in [5.74, 6) is 2.53. The molecule has 0 aliphatic carbocycles. The Labute approximate surface area is 194 Å². The number of thioether (sulfide) groups is 1. The zero-order valence-electron chi connectivity index (χ0n) is 17.8. The van der Waals surface area contributed by atoms with E-state index in [0.29, 0.717) is 49.7 Å². The van der Waals surface area contributed by atoms with Crippen LogP contribution in [0, 0.1) is 0 Å². The first-order chi connectivity index (χ1) is 16.3. The van der Waals surface area contributed by atoms with Crippen molar-refractivity contribution < 1.29 is 9.21 Å². The maximum Gasteiger partial charge on any atom is 0.233 e. The van der Waals surface area contributed by atoms with Gasteiger partial charge in [0.25, 0.3) is 0 Å². The average Bonchev–Trinajstić information content (AvgIpc) is 3.54. The van der Waals surface area contributed by atoms with E-state index in [9.17, 15) is 4.79 Å². The molecule has 0 saturated carbocycles. The standard InChI is InChI=1S/C22H22N8O2S/c31-19(28-9-11-29(12-10-28)21-24-7-3-8-25-21)16-33-22-27-26-20(17-4-1-6-23-14-17)30(22)15-18-5-2-13-32-18/h1-8,13-14H,9-12,15-16H2. The average molecular weight is 463 g/mol. The summed E-state index contributed by atoms with van der Waals surface area (Å²) in [6.45, 7) is 3.16. The molecule has 4 aromatic rings. The van der Waals surface area contributed by atoms with Gasteiger partial charge in [-0.15, -0.1) is 10.2 Å². The van der Waals surface area contributed by atoms with E-state index < -0.39 is 0 Å². The molecule has 0 N–H and O–H groups in total. The summed E-state index contributed by atoms with van der Waals surface area (Å²) >= 11 is 1.38. The van der Waals surface area contributed by atoms with Gasteiger partial charge in [-0.25, -0.2) is 9.97 Å². The second-order valence-corrected chi connectivity index (χ2v) is 8.36. The van der Waals surface area contributed by atoms with E-state index in [1.54, 1.807) is 37.1 Å². The highest BCUT2D eigenvalue weighted by Crippen LogP contribution is 2.25. The first-order valence-corrected chi connectivity index (χ1v) is 11.5. The van der Waals surface area contributed by atoms with Crippen LogP contribution in [0.5, 0.6) is 0 Å². The SMILES string of the molecule is O=C(CSc1nnc(-c2cccnc2)n1Cc1ccco1)N1CCN(c2ncccn2)CC1. The summed E-state index contributed by atoms with van der Waals surface area (Å²) in [4.78, 5) is 29.6. The molecule has 0 aromatic carbocycles. The van der Waals surface area contributed by atoms with E-state index in [0.717, 1.165) is 11.3 Å². The number of hydrogen-bond donors (Lipinski definition) is 0. The third-order valence-electron chi connectivity index (χ3n) is 5.32. The highest BCUT2D eigenvalue weighted by molar-refractivity contribution is 7.99. The van der Waals surface area contributed by atoms with Crippen molar-refractivity contribution in [3.8, 4) is 11.4 Å². The van der Waals surface area contributed by atoms with E-state index in [1.807, 2.05) is 33.7 Å². The lowest BCUT2D eigenvalue weighted by molar-refractivity contribution is -0.128. The number of aromatic nitrogens is 6. The van der Waals surface area contributed by atoms with Gasteiger partial charge in [0.15, 0.2) is 11.0 Å². The van der Waals surface area contributed by atoms with Gasteiger partial charge < -0.3 is 14.2 Å². The molecule has 5 rings (SSSR count). The van der Waals surface area contributed by atoms with Gasteiger partial charge in [0.1, 0.15) is 5.76 Å². The first kappa shape index (κ1) is 21.1. The molecule has 1 saturated heterocycles. The number of piperazine rings is 1. The number of pyridine rings is 1. The zero-order chi connectivity index (χ0) is 22.5. The predicted octanol–water partition coefficient (Wildman–Crippen LogP) is 2.21. The number of rotatable bonds is 7. The Bertz CT molecular complexity index is 1180. The molecule has 0 radical (unpaired) electrons. The van der Waals surface area contributed by atoms with Crippen molar-refractivity contribution in [2.45, 2.75) is 11.7 Å². The topological polar surface area (TPSA) is 106 Å². The van der Waals surface area contributed by atoms with Crippen molar-refractivity contribution in [3.05, 3.63) is 67.1 Å². The number of hydrogen-bond acceptors (Lipinski definition) is 9. The largest absolute Gasteiger partial charge is 0.467 e. The Morgan fingerprint density at radius 2 is 1.85 bits per heavy atom. The molecule has 168 valence electrons. The molecule has 1 amide bonds. The van der Waals surface area contributed by atoms with Gasteiger partial charge in [-0.3, -0.25) is 14.3 Å². The molecule has 11 heteroatoms. The minimum Gasteiger partial charge on any atom is -0.467 e. The van der Waals surface area contributed by atoms with Crippen LogP contribution < -0.4 is 4.90 Å². The number of furan rings is 1. The molecule has 10 nitrogen and oxygen atoms in total. The van der Waals surface area contributed by atoms with Crippen LogP contribution in [-0.4, -0.2) is 72.5 Å². The molecule has 4 aromatic heterocycles. The Hall–Kier alpha value is -3.73. The fraction of sp³-hybridized carbons (Fsp3) is 0.273. The molecule has 0 atom stereocenters. The molecule has 1 fully saturated rings. The van der Waals surface area contributed by atoms with Gasteiger partial charge >= 0.3 is 0 Å². The summed E-state index contributed by atoms with van der Waals surface area (Å²) < 4.78 is 7.49. The van der Waals surface area contributed by atoms with Crippen LogP contribution >= 0.6 is 11.8 Å². The van der Waals surface area contributed by atoms with Crippen LogP contribution in [0.15, 0.2) is 71.0 Å². The molecule has 0 spiro atoms. The minimum absolute atomic E-state index is 0.0732. The maximum absolute atomic E-state index is 12.9. The quantitative estimate of drug-likeness (QED) is 0.382. The monoisotopic (exact) mass is 462 g/mol. The van der Waals surface area contributed by atoms with Gasteiger partial charge in [-0.2, -0.15) is 0 Å². The highest BCUT2D eigenvalue weighted by Gasteiger charge is 2.24. The van der Waals surface area contributed by atoms with Crippen LogP contribution in [0.1, 0.15) is 5.76 Å². The fourth-order valence-electron chi connectivity index (χ4n) is 3.63. The molecule has 0 bridgehead atoms. The fourth-order valence-corrected chi connectivity index (χ4v) is 4.47. The third-order valence-corrected chi connectivity index (χ3v) is 6.27. The van der Waals surface area contributed by atoms with Crippen LogP contribution in [-0.2, 0) is 11.3 Å². The lowest BCUT2D eigenvalue weighted by Gasteiger charge is -2.34. The van der Waals surface area contributed by atoms with E-state index in [4.69, 9.17) is 4.42 Å². The summed E-state index contributed by atoms with van der Waals surface area (Å²) in [7, 11) is 0. The number of carbonyl (C=O) groups excluding carboxylic acids is 1. The van der Waals surface area contributed by atoms with Gasteiger partial charge in [-0.1, -0.05) is 11.8 Å². The Balaban J connectivity index is 1.25. The number of anilines is 1. The summed E-state index contributed by atoms with van der Waals surface area (Å²) in [5.41, 5.74) is 0.856. The Kier molecular flexibility index (Phi) is 6.29. The van der Waals surface area contributed by atoms with Crippen molar-refractivity contribution >= 4 is 23.6 Å². The normalized spacial score (nSPS) is 13.9. The van der Waals surface area contributed by atoms with E-state index >= 15 is 0 Å². The van der Waals surface area contributed by atoms with E-state index in [-0.39, 0.29) is 11.7 Å². The maximum atomic E-state index is 12.9. The van der Waals surface area contributed by atoms with Crippen LogP contribution in [0.3, 0.4) is 0 Å². The van der Waals surface area contributed by atoms with Crippen LogP contribution in [0.25, 0.3) is 11.4 Å². The molecular formula is C22H22N8O2S. The number of carbonyl (C=O) groups is 1. The van der Waals surface area contributed by atoms with Gasteiger partial charge in [-0.05, 0) is 30.3 Å². The molecule has 0 unspecified atom stereocenters. The number of nitrogens with zero attached hydrogens (tertiary/aromatic N) is 8. The minimum atomic E-state index is 0.0732. The highest BCUT2D eigenvalue weighted by atomic mass is 32.2. The Morgan fingerprint density at radius 1 is 1.00 bits per heavy atom.